The van der Waals surface area contributed by atoms with E-state index in [0.29, 0.717) is 22.9 Å². The smallest absolute Gasteiger partial charge is 0.295 e. The van der Waals surface area contributed by atoms with Crippen LogP contribution in [0.3, 0.4) is 0 Å². The number of rotatable bonds is 6. The second kappa shape index (κ2) is 8.99. The summed E-state index contributed by atoms with van der Waals surface area (Å²) < 4.78 is 32.7. The molecule has 1 atom stereocenters. The maximum Gasteiger partial charge on any atom is 0.295 e. The van der Waals surface area contributed by atoms with Crippen molar-refractivity contribution in [1.29, 1.82) is 0 Å². The number of carbonyl (C=O) groups is 1. The summed E-state index contributed by atoms with van der Waals surface area (Å²) in [4.78, 5) is 14.3. The Labute approximate surface area is 200 Å². The van der Waals surface area contributed by atoms with Crippen LogP contribution in [-0.4, -0.2) is 26.5 Å². The zero-order valence-corrected chi connectivity index (χ0v) is 20.3. The van der Waals surface area contributed by atoms with E-state index in [1.807, 2.05) is 19.1 Å². The van der Waals surface area contributed by atoms with Gasteiger partial charge in [-0.05, 0) is 60.4 Å². The van der Waals surface area contributed by atoms with E-state index in [2.05, 4.69) is 13.8 Å². The van der Waals surface area contributed by atoms with Crippen LogP contribution in [0.1, 0.15) is 42.5 Å². The third kappa shape index (κ3) is 4.07. The largest absolute Gasteiger partial charge is 0.502 e. The third-order valence-electron chi connectivity index (χ3n) is 6.05. The molecule has 0 spiro atoms. The lowest BCUT2D eigenvalue weighted by Crippen LogP contribution is -2.31. The molecule has 0 aliphatic carbocycles. The Kier molecular flexibility index (Phi) is 6.23. The number of aliphatic hydroxyl groups is 1. The molecule has 0 fully saturated rings. The van der Waals surface area contributed by atoms with Crippen LogP contribution in [0.15, 0.2) is 88.4 Å². The predicted molar refractivity (Wildman–Crippen MR) is 132 cm³/mol. The van der Waals surface area contributed by atoms with Gasteiger partial charge in [0.05, 0.1) is 12.0 Å². The zero-order valence-electron chi connectivity index (χ0n) is 19.5. The topological polar surface area (TPSA) is 83.9 Å². The lowest BCUT2D eigenvalue weighted by molar-refractivity contribution is -0.117. The Hall–Kier alpha value is -3.58. The van der Waals surface area contributed by atoms with Crippen molar-refractivity contribution in [3.8, 4) is 5.75 Å². The van der Waals surface area contributed by atoms with Gasteiger partial charge in [-0.2, -0.15) is 0 Å². The first-order valence-corrected chi connectivity index (χ1v) is 12.5. The fraction of sp³-hybridized carbons (Fsp3) is 0.222. The van der Waals surface area contributed by atoms with E-state index in [4.69, 9.17) is 4.74 Å². The maximum atomic E-state index is 13.7. The Bertz CT molecular complexity index is 1340. The van der Waals surface area contributed by atoms with Crippen LogP contribution >= 0.6 is 0 Å². The van der Waals surface area contributed by atoms with Crippen LogP contribution in [0, 0.1) is 6.92 Å². The highest BCUT2D eigenvalue weighted by Crippen LogP contribution is 2.45. The molecular formula is C27H27NO5S. The number of anilines is 1. The fourth-order valence-electron chi connectivity index (χ4n) is 4.07. The molecule has 1 heterocycles. The van der Waals surface area contributed by atoms with Crippen molar-refractivity contribution in [3.05, 3.63) is 100 Å². The maximum absolute atomic E-state index is 13.7. The molecule has 1 aliphatic rings. The highest BCUT2D eigenvalue weighted by Gasteiger charge is 2.47. The highest BCUT2D eigenvalue weighted by atomic mass is 32.2. The molecule has 1 N–H and O–H groups in total. The van der Waals surface area contributed by atoms with Gasteiger partial charge in [0, 0.05) is 5.69 Å². The van der Waals surface area contributed by atoms with Gasteiger partial charge in [-0.3, -0.25) is 9.69 Å². The van der Waals surface area contributed by atoms with Crippen molar-refractivity contribution in [2.75, 3.05) is 12.0 Å². The fourth-order valence-corrected chi connectivity index (χ4v) is 5.70. The lowest BCUT2D eigenvalue weighted by Gasteiger charge is -2.27. The number of hydrogen-bond acceptors (Lipinski definition) is 5. The Morgan fingerprint density at radius 1 is 0.912 bits per heavy atom. The van der Waals surface area contributed by atoms with Gasteiger partial charge in [-0.1, -0.05) is 55.8 Å². The molecule has 4 rings (SSSR count). The van der Waals surface area contributed by atoms with Crippen LogP contribution in [0.2, 0.25) is 0 Å². The first kappa shape index (κ1) is 23.6. The number of nitrogens with zero attached hydrogens (tertiary/aromatic N) is 1. The number of sulfone groups is 1. The molecule has 0 saturated heterocycles. The molecular weight excluding hydrogens is 450 g/mol. The number of carbonyl (C=O) groups excluding carboxylic acids is 1. The predicted octanol–water partition coefficient (Wildman–Crippen LogP) is 5.46. The molecule has 3 aromatic rings. The molecule has 1 amide bonds. The minimum Gasteiger partial charge on any atom is -0.502 e. The van der Waals surface area contributed by atoms with Gasteiger partial charge in [-0.15, -0.1) is 0 Å². The molecule has 6 nitrogen and oxygen atoms in total. The van der Waals surface area contributed by atoms with Gasteiger partial charge in [-0.25, -0.2) is 8.42 Å². The summed E-state index contributed by atoms with van der Waals surface area (Å²) in [6.07, 6.45) is 0. The van der Waals surface area contributed by atoms with Crippen molar-refractivity contribution < 1.29 is 23.1 Å². The lowest BCUT2D eigenvalue weighted by atomic mass is 10.0. The second-order valence-corrected chi connectivity index (χ2v) is 10.5. The molecule has 176 valence electrons. The average Bonchev–Trinajstić information content (AvgIpc) is 3.10. The second-order valence-electron chi connectivity index (χ2n) is 8.63. The number of benzene rings is 3. The van der Waals surface area contributed by atoms with Gasteiger partial charge < -0.3 is 9.84 Å². The van der Waals surface area contributed by atoms with Crippen LogP contribution in [0.4, 0.5) is 5.69 Å². The number of aliphatic hydroxyl groups excluding tert-OH is 1. The van der Waals surface area contributed by atoms with Crippen LogP contribution in [0.25, 0.3) is 0 Å². The van der Waals surface area contributed by atoms with Crippen molar-refractivity contribution in [2.24, 2.45) is 0 Å². The van der Waals surface area contributed by atoms with Crippen molar-refractivity contribution in [1.82, 2.24) is 0 Å². The normalized spacial score (nSPS) is 16.4. The van der Waals surface area contributed by atoms with Gasteiger partial charge in [0.25, 0.3) is 5.91 Å². The van der Waals surface area contributed by atoms with E-state index in [1.54, 1.807) is 48.5 Å². The molecule has 0 bridgehead atoms. The summed E-state index contributed by atoms with van der Waals surface area (Å²) in [5, 5.41) is 10.9. The van der Waals surface area contributed by atoms with Gasteiger partial charge in [0.15, 0.2) is 5.76 Å². The third-order valence-corrected chi connectivity index (χ3v) is 7.94. The van der Waals surface area contributed by atoms with E-state index in [-0.39, 0.29) is 9.80 Å². The minimum atomic E-state index is -4.18. The molecule has 0 saturated carbocycles. The number of amides is 1. The summed E-state index contributed by atoms with van der Waals surface area (Å²) in [5.41, 5.74) is 3.02. The zero-order chi connectivity index (χ0) is 24.6. The molecule has 7 heteroatoms. The van der Waals surface area contributed by atoms with E-state index >= 15 is 0 Å². The Morgan fingerprint density at radius 2 is 1.50 bits per heavy atom. The number of aryl methyl sites for hydroxylation is 1. The van der Waals surface area contributed by atoms with Gasteiger partial charge in [0.2, 0.25) is 9.84 Å². The van der Waals surface area contributed by atoms with E-state index in [0.717, 1.165) is 11.1 Å². The summed E-state index contributed by atoms with van der Waals surface area (Å²) in [6.45, 7) is 5.99. The SMILES string of the molecule is COc1ccc([C@H]2C(S(=O)(=O)c3ccc(C)cc3)=C(O)C(=O)N2c2ccc(C(C)C)cc2)cc1. The van der Waals surface area contributed by atoms with E-state index in [1.165, 1.54) is 24.1 Å². The molecule has 0 radical (unpaired) electrons. The highest BCUT2D eigenvalue weighted by molar-refractivity contribution is 7.95. The summed E-state index contributed by atoms with van der Waals surface area (Å²) in [7, 11) is -2.64. The standard InChI is InChI=1S/C27H27NO5S/c1-17(2)19-7-11-21(12-8-19)28-24(20-9-13-22(33-4)14-10-20)26(25(29)27(28)30)34(31,32)23-15-5-18(3)6-16-23/h5-17,24,29H,1-4H3/t24-/m0/s1. The first-order valence-electron chi connectivity index (χ1n) is 11.0. The van der Waals surface area contributed by atoms with Crippen LogP contribution < -0.4 is 9.64 Å². The van der Waals surface area contributed by atoms with Crippen LogP contribution in [0.5, 0.6) is 5.75 Å². The molecule has 34 heavy (non-hydrogen) atoms. The number of hydrogen-bond donors (Lipinski definition) is 1. The summed E-state index contributed by atoms with van der Waals surface area (Å²) in [6, 6.07) is 19.5. The Balaban J connectivity index is 1.89. The average molecular weight is 478 g/mol. The number of ether oxygens (including phenoxy) is 1. The molecule has 0 aromatic heterocycles. The first-order chi connectivity index (χ1) is 16.1. The summed E-state index contributed by atoms with van der Waals surface area (Å²) in [5.74, 6) is -0.639. The monoisotopic (exact) mass is 477 g/mol. The number of methoxy groups -OCH3 is 1. The quantitative estimate of drug-likeness (QED) is 0.510. The molecule has 1 aliphatic heterocycles. The van der Waals surface area contributed by atoms with E-state index < -0.39 is 27.5 Å². The minimum absolute atomic E-state index is 0.0166. The molecule has 3 aromatic carbocycles. The van der Waals surface area contributed by atoms with Crippen molar-refractivity contribution in [2.45, 2.75) is 37.6 Å². The van der Waals surface area contributed by atoms with Crippen molar-refractivity contribution in [3.63, 3.8) is 0 Å². The van der Waals surface area contributed by atoms with Crippen molar-refractivity contribution >= 4 is 21.4 Å². The summed E-state index contributed by atoms with van der Waals surface area (Å²) >= 11 is 0. The molecule has 0 unspecified atom stereocenters. The van der Waals surface area contributed by atoms with Gasteiger partial charge >= 0.3 is 0 Å². The van der Waals surface area contributed by atoms with Crippen LogP contribution in [-0.2, 0) is 14.6 Å². The van der Waals surface area contributed by atoms with E-state index in [9.17, 15) is 18.3 Å². The van der Waals surface area contributed by atoms with Gasteiger partial charge in [0.1, 0.15) is 16.7 Å². The Morgan fingerprint density at radius 3 is 2.03 bits per heavy atom.